The van der Waals surface area contributed by atoms with E-state index in [-0.39, 0.29) is 24.0 Å². The van der Waals surface area contributed by atoms with Crippen molar-refractivity contribution in [2.75, 3.05) is 13.1 Å². The van der Waals surface area contributed by atoms with Crippen molar-refractivity contribution in [1.82, 2.24) is 19.8 Å². The van der Waals surface area contributed by atoms with E-state index in [9.17, 15) is 14.4 Å². The second-order valence-corrected chi connectivity index (χ2v) is 11.5. The highest BCUT2D eigenvalue weighted by Gasteiger charge is 2.41. The molecule has 1 aromatic heterocycles. The second-order valence-electron chi connectivity index (χ2n) is 11.5. The van der Waals surface area contributed by atoms with Gasteiger partial charge in [0, 0.05) is 19.3 Å². The van der Waals surface area contributed by atoms with Crippen molar-refractivity contribution in [1.29, 1.82) is 0 Å². The summed E-state index contributed by atoms with van der Waals surface area (Å²) in [6.07, 6.45) is 7.48. The summed E-state index contributed by atoms with van der Waals surface area (Å²) in [5, 5.41) is 2.87. The van der Waals surface area contributed by atoms with Crippen LogP contribution in [-0.4, -0.2) is 56.7 Å². The Morgan fingerprint density at radius 1 is 0.975 bits per heavy atom. The number of carbonyl (C=O) groups is 3. The molecule has 4 rings (SSSR count). The van der Waals surface area contributed by atoms with Gasteiger partial charge in [0.1, 0.15) is 5.54 Å². The van der Waals surface area contributed by atoms with Gasteiger partial charge in [-0.3, -0.25) is 14.4 Å². The SMILES string of the molecule is CC(C)(N)C(=O)N[C@@H](CCCc1ccccc1)C(=O)Cc1cn([C@@](C)(C(=O)N2CCCC2)c2ccccc2)cn1. The van der Waals surface area contributed by atoms with E-state index in [1.807, 2.05) is 64.9 Å². The molecule has 0 aliphatic carbocycles. The Bertz CT molecular complexity index is 1290. The molecule has 0 radical (unpaired) electrons. The Balaban J connectivity index is 1.53. The maximum absolute atomic E-state index is 13.8. The zero-order valence-corrected chi connectivity index (χ0v) is 23.8. The van der Waals surface area contributed by atoms with Gasteiger partial charge in [-0.25, -0.2) is 4.98 Å². The molecule has 2 amide bonds. The highest BCUT2D eigenvalue weighted by Crippen LogP contribution is 2.30. The normalized spacial score (nSPS) is 15.8. The van der Waals surface area contributed by atoms with Crippen molar-refractivity contribution in [3.05, 3.63) is 90.0 Å². The highest BCUT2D eigenvalue weighted by atomic mass is 16.2. The van der Waals surface area contributed by atoms with Crippen LogP contribution in [0.15, 0.2) is 73.2 Å². The van der Waals surface area contributed by atoms with Crippen LogP contribution >= 0.6 is 0 Å². The standard InChI is InChI=1S/C32H41N5O3/c1-31(2,33)29(39)35-27(18-12-15-24-13-6-4-7-14-24)28(38)21-26-22-37(23-34-26)32(3,25-16-8-5-9-17-25)30(40)36-19-10-11-20-36/h4-9,13-14,16-17,22-23,27H,10-12,15,18-21,33H2,1-3H3,(H,35,39)/t27-,32+/m0/s1. The molecule has 3 N–H and O–H groups in total. The average Bonchev–Trinajstić information content (AvgIpc) is 3.65. The maximum Gasteiger partial charge on any atom is 0.253 e. The predicted molar refractivity (Wildman–Crippen MR) is 156 cm³/mol. The minimum atomic E-state index is -1.10. The first-order valence-corrected chi connectivity index (χ1v) is 14.1. The molecule has 212 valence electrons. The molecule has 0 saturated carbocycles. The molecule has 0 unspecified atom stereocenters. The number of benzene rings is 2. The zero-order valence-electron chi connectivity index (χ0n) is 23.8. The lowest BCUT2D eigenvalue weighted by molar-refractivity contribution is -0.137. The molecule has 1 saturated heterocycles. The number of hydrogen-bond acceptors (Lipinski definition) is 5. The Hall–Kier alpha value is -3.78. The number of carbonyl (C=O) groups excluding carboxylic acids is 3. The molecule has 8 nitrogen and oxygen atoms in total. The summed E-state index contributed by atoms with van der Waals surface area (Å²) >= 11 is 0. The maximum atomic E-state index is 13.8. The van der Waals surface area contributed by atoms with E-state index < -0.39 is 17.1 Å². The zero-order chi connectivity index (χ0) is 28.8. The summed E-state index contributed by atoms with van der Waals surface area (Å²) < 4.78 is 1.82. The Morgan fingerprint density at radius 2 is 1.60 bits per heavy atom. The first kappa shape index (κ1) is 29.2. The van der Waals surface area contributed by atoms with Crippen LogP contribution in [0.1, 0.15) is 63.3 Å². The third-order valence-electron chi connectivity index (χ3n) is 7.73. The molecule has 1 fully saturated rings. The van der Waals surface area contributed by atoms with E-state index >= 15 is 0 Å². The van der Waals surface area contributed by atoms with Crippen LogP contribution < -0.4 is 11.1 Å². The number of amides is 2. The van der Waals surface area contributed by atoms with Gasteiger partial charge in [0.25, 0.3) is 5.91 Å². The highest BCUT2D eigenvalue weighted by molar-refractivity contribution is 5.93. The molecule has 8 heteroatoms. The van der Waals surface area contributed by atoms with Gasteiger partial charge in [-0.2, -0.15) is 0 Å². The number of Topliss-reactive ketones (excluding diaryl/α,β-unsaturated/α-hetero) is 1. The summed E-state index contributed by atoms with van der Waals surface area (Å²) in [5.41, 5.74) is 6.51. The molecule has 2 heterocycles. The number of aryl methyl sites for hydroxylation is 1. The summed E-state index contributed by atoms with van der Waals surface area (Å²) in [7, 11) is 0. The summed E-state index contributed by atoms with van der Waals surface area (Å²) in [6.45, 7) is 6.63. The first-order valence-electron chi connectivity index (χ1n) is 14.1. The van der Waals surface area contributed by atoms with E-state index in [4.69, 9.17) is 5.73 Å². The van der Waals surface area contributed by atoms with Crippen LogP contribution in [0.2, 0.25) is 0 Å². The summed E-state index contributed by atoms with van der Waals surface area (Å²) in [4.78, 5) is 46.5. The fourth-order valence-corrected chi connectivity index (χ4v) is 5.19. The van der Waals surface area contributed by atoms with Crippen molar-refractivity contribution in [2.24, 2.45) is 5.73 Å². The number of aromatic nitrogens is 2. The van der Waals surface area contributed by atoms with E-state index in [0.717, 1.165) is 44.3 Å². The lowest BCUT2D eigenvalue weighted by atomic mass is 9.90. The largest absolute Gasteiger partial charge is 0.345 e. The molecule has 3 aromatic rings. The number of hydrogen-bond donors (Lipinski definition) is 2. The van der Waals surface area contributed by atoms with Crippen molar-refractivity contribution in [3.63, 3.8) is 0 Å². The van der Waals surface area contributed by atoms with E-state index in [1.165, 1.54) is 5.56 Å². The Kier molecular flexibility index (Phi) is 9.20. The number of nitrogens with two attached hydrogens (primary N) is 1. The topological polar surface area (TPSA) is 110 Å². The minimum absolute atomic E-state index is 0.0164. The van der Waals surface area contributed by atoms with Gasteiger partial charge < -0.3 is 20.5 Å². The molecule has 40 heavy (non-hydrogen) atoms. The third-order valence-corrected chi connectivity index (χ3v) is 7.73. The van der Waals surface area contributed by atoms with Gasteiger partial charge in [0.2, 0.25) is 5.91 Å². The van der Waals surface area contributed by atoms with Gasteiger partial charge in [-0.15, -0.1) is 0 Å². The van der Waals surface area contributed by atoms with Gasteiger partial charge in [0.05, 0.1) is 30.0 Å². The van der Waals surface area contributed by atoms with Gasteiger partial charge in [0.15, 0.2) is 5.78 Å². The second kappa shape index (κ2) is 12.6. The number of imidazole rings is 1. The minimum Gasteiger partial charge on any atom is -0.345 e. The van der Waals surface area contributed by atoms with Crippen LogP contribution in [0.3, 0.4) is 0 Å². The van der Waals surface area contributed by atoms with Crippen molar-refractivity contribution in [2.45, 2.75) is 76.4 Å². The molecule has 2 aromatic carbocycles. The summed E-state index contributed by atoms with van der Waals surface area (Å²) in [6, 6.07) is 19.1. The molecular weight excluding hydrogens is 502 g/mol. The monoisotopic (exact) mass is 543 g/mol. The van der Waals surface area contributed by atoms with E-state index in [0.29, 0.717) is 12.1 Å². The first-order chi connectivity index (χ1) is 19.1. The van der Waals surface area contributed by atoms with Crippen molar-refractivity contribution in [3.8, 4) is 0 Å². The quantitative estimate of drug-likeness (QED) is 0.363. The number of ketones is 1. The molecule has 0 bridgehead atoms. The smallest absolute Gasteiger partial charge is 0.253 e. The fraction of sp³-hybridized carbons (Fsp3) is 0.438. The molecular formula is C32H41N5O3. The molecule has 0 spiro atoms. The van der Waals surface area contributed by atoms with Gasteiger partial charge in [-0.05, 0) is 64.0 Å². The van der Waals surface area contributed by atoms with Crippen molar-refractivity contribution >= 4 is 17.6 Å². The van der Waals surface area contributed by atoms with Crippen LogP contribution in [0.25, 0.3) is 0 Å². The Labute approximate surface area is 237 Å². The van der Waals surface area contributed by atoms with Crippen molar-refractivity contribution < 1.29 is 14.4 Å². The summed E-state index contributed by atoms with van der Waals surface area (Å²) in [5.74, 6) is -0.491. The van der Waals surface area contributed by atoms with Gasteiger partial charge in [-0.1, -0.05) is 60.7 Å². The molecule has 2 atom stereocenters. The van der Waals surface area contributed by atoms with Crippen LogP contribution in [0.4, 0.5) is 0 Å². The van der Waals surface area contributed by atoms with Crippen LogP contribution in [0, 0.1) is 0 Å². The molecule has 1 aliphatic rings. The van der Waals surface area contributed by atoms with Crippen LogP contribution in [0.5, 0.6) is 0 Å². The third kappa shape index (κ3) is 6.86. The lowest BCUT2D eigenvalue weighted by Gasteiger charge is -2.34. The van der Waals surface area contributed by atoms with Crippen LogP contribution in [-0.2, 0) is 32.8 Å². The number of nitrogens with zero attached hydrogens (tertiary/aromatic N) is 3. The van der Waals surface area contributed by atoms with E-state index in [1.54, 1.807) is 26.4 Å². The Morgan fingerprint density at radius 3 is 2.23 bits per heavy atom. The molecule has 1 aliphatic heterocycles. The predicted octanol–water partition coefficient (Wildman–Crippen LogP) is 3.63. The number of likely N-dealkylation sites (tertiary alicyclic amines) is 1. The average molecular weight is 544 g/mol. The van der Waals surface area contributed by atoms with Gasteiger partial charge >= 0.3 is 0 Å². The number of rotatable bonds is 12. The fourth-order valence-electron chi connectivity index (χ4n) is 5.19. The van der Waals surface area contributed by atoms with E-state index in [2.05, 4.69) is 22.4 Å². The lowest BCUT2D eigenvalue weighted by Crippen LogP contribution is -2.54. The number of nitrogens with one attached hydrogen (secondary N) is 1.